The highest BCUT2D eigenvalue weighted by molar-refractivity contribution is 5.82. The van der Waals surface area contributed by atoms with Crippen LogP contribution in [0.15, 0.2) is 27.4 Å². The third-order valence-electron chi connectivity index (χ3n) is 4.23. The van der Waals surface area contributed by atoms with Crippen LogP contribution in [0.25, 0.3) is 11.0 Å². The van der Waals surface area contributed by atoms with Gasteiger partial charge in [-0.25, -0.2) is 4.79 Å². The summed E-state index contributed by atoms with van der Waals surface area (Å²) in [6.45, 7) is 6.12. The molecule has 1 aliphatic rings. The molecule has 0 amide bonds. The highest BCUT2D eigenvalue weighted by Gasteiger charge is 2.40. The van der Waals surface area contributed by atoms with Crippen molar-refractivity contribution in [1.82, 2.24) is 0 Å². The van der Waals surface area contributed by atoms with Gasteiger partial charge in [0.15, 0.2) is 0 Å². The van der Waals surface area contributed by atoms with Crippen molar-refractivity contribution in [3.8, 4) is 0 Å². The SMILES string of the molecule is Cc1cc2oc(=O)cc(COC(=O)[C@@H]3C[C@H]3C)c2cc1C. The van der Waals surface area contributed by atoms with Gasteiger partial charge in [-0.2, -0.15) is 0 Å². The van der Waals surface area contributed by atoms with Gasteiger partial charge in [-0.05, 0) is 49.4 Å². The lowest BCUT2D eigenvalue weighted by Gasteiger charge is -2.09. The molecule has 110 valence electrons. The Hall–Kier alpha value is -2.10. The van der Waals surface area contributed by atoms with Crippen LogP contribution in [0.2, 0.25) is 0 Å². The Kier molecular flexibility index (Phi) is 3.32. The molecule has 21 heavy (non-hydrogen) atoms. The van der Waals surface area contributed by atoms with Gasteiger partial charge < -0.3 is 9.15 Å². The van der Waals surface area contributed by atoms with E-state index in [1.807, 2.05) is 32.9 Å². The number of fused-ring (bicyclic) bond motifs is 1. The fourth-order valence-corrected chi connectivity index (χ4v) is 2.51. The van der Waals surface area contributed by atoms with Crippen molar-refractivity contribution < 1.29 is 13.9 Å². The molecule has 0 radical (unpaired) electrons. The Labute approximate surface area is 122 Å². The van der Waals surface area contributed by atoms with Crippen LogP contribution in [0.3, 0.4) is 0 Å². The van der Waals surface area contributed by atoms with Crippen LogP contribution in [0, 0.1) is 25.7 Å². The van der Waals surface area contributed by atoms with E-state index in [0.29, 0.717) is 17.1 Å². The highest BCUT2D eigenvalue weighted by Crippen LogP contribution is 2.38. The monoisotopic (exact) mass is 286 g/mol. The molecule has 2 aromatic rings. The number of esters is 1. The smallest absolute Gasteiger partial charge is 0.336 e. The van der Waals surface area contributed by atoms with Crippen molar-refractivity contribution in [2.45, 2.75) is 33.8 Å². The maximum atomic E-state index is 11.8. The second kappa shape index (κ2) is 5.02. The Morgan fingerprint density at radius 1 is 1.29 bits per heavy atom. The molecule has 1 saturated carbocycles. The molecule has 1 fully saturated rings. The summed E-state index contributed by atoms with van der Waals surface area (Å²) in [5, 5.41) is 0.828. The number of rotatable bonds is 3. The van der Waals surface area contributed by atoms with Crippen molar-refractivity contribution in [3.63, 3.8) is 0 Å². The van der Waals surface area contributed by atoms with Crippen molar-refractivity contribution in [3.05, 3.63) is 45.3 Å². The lowest BCUT2D eigenvalue weighted by Crippen LogP contribution is -2.09. The molecule has 0 spiro atoms. The van der Waals surface area contributed by atoms with Crippen molar-refractivity contribution in [2.75, 3.05) is 0 Å². The molecular formula is C17H18O4. The summed E-state index contributed by atoms with van der Waals surface area (Å²) in [5.74, 6) is 0.271. The summed E-state index contributed by atoms with van der Waals surface area (Å²) in [4.78, 5) is 23.4. The van der Waals surface area contributed by atoms with E-state index < -0.39 is 5.63 Å². The molecule has 0 saturated heterocycles. The zero-order chi connectivity index (χ0) is 15.1. The Balaban J connectivity index is 1.92. The molecular weight excluding hydrogens is 268 g/mol. The average Bonchev–Trinajstić information content (AvgIpc) is 3.15. The number of ether oxygens (including phenoxy) is 1. The number of carbonyl (C=O) groups excluding carboxylic acids is 1. The van der Waals surface area contributed by atoms with Crippen LogP contribution in [0.1, 0.15) is 30.0 Å². The molecule has 1 aromatic heterocycles. The molecule has 2 atom stereocenters. The van der Waals surface area contributed by atoms with Crippen molar-refractivity contribution >= 4 is 16.9 Å². The second-order valence-corrected chi connectivity index (χ2v) is 5.95. The highest BCUT2D eigenvalue weighted by atomic mass is 16.5. The molecule has 1 aliphatic carbocycles. The molecule has 1 heterocycles. The fourth-order valence-electron chi connectivity index (χ4n) is 2.51. The molecule has 0 bridgehead atoms. The molecule has 0 aliphatic heterocycles. The minimum Gasteiger partial charge on any atom is -0.461 e. The number of hydrogen-bond donors (Lipinski definition) is 0. The molecule has 0 unspecified atom stereocenters. The first kappa shape index (κ1) is 13.9. The predicted octanol–water partition coefficient (Wildman–Crippen LogP) is 3.11. The van der Waals surface area contributed by atoms with Crippen LogP contribution in [-0.2, 0) is 16.1 Å². The van der Waals surface area contributed by atoms with Gasteiger partial charge in [0.1, 0.15) is 12.2 Å². The predicted molar refractivity (Wildman–Crippen MR) is 79.0 cm³/mol. The van der Waals surface area contributed by atoms with Gasteiger partial charge >= 0.3 is 11.6 Å². The molecule has 1 aromatic carbocycles. The van der Waals surface area contributed by atoms with Crippen LogP contribution in [0.5, 0.6) is 0 Å². The zero-order valence-electron chi connectivity index (χ0n) is 12.4. The second-order valence-electron chi connectivity index (χ2n) is 5.95. The third-order valence-corrected chi connectivity index (χ3v) is 4.23. The lowest BCUT2D eigenvalue weighted by atomic mass is 10.0. The Bertz CT molecular complexity index is 772. The van der Waals surface area contributed by atoms with Crippen LogP contribution < -0.4 is 5.63 Å². The molecule has 4 nitrogen and oxygen atoms in total. The van der Waals surface area contributed by atoms with Gasteiger partial charge in [-0.1, -0.05) is 6.92 Å². The maximum Gasteiger partial charge on any atom is 0.336 e. The van der Waals surface area contributed by atoms with E-state index >= 15 is 0 Å². The summed E-state index contributed by atoms with van der Waals surface area (Å²) < 4.78 is 10.6. The van der Waals surface area contributed by atoms with Crippen molar-refractivity contribution in [1.29, 1.82) is 0 Å². The summed E-state index contributed by atoms with van der Waals surface area (Å²) in [6.07, 6.45) is 0.898. The Morgan fingerprint density at radius 2 is 1.95 bits per heavy atom. The van der Waals surface area contributed by atoms with Gasteiger partial charge in [0.2, 0.25) is 0 Å². The Morgan fingerprint density at radius 3 is 2.62 bits per heavy atom. The molecule has 0 N–H and O–H groups in total. The summed E-state index contributed by atoms with van der Waals surface area (Å²) in [6, 6.07) is 5.22. The first-order chi connectivity index (χ1) is 9.95. The van der Waals surface area contributed by atoms with Gasteiger partial charge in [0.25, 0.3) is 0 Å². The first-order valence-corrected chi connectivity index (χ1v) is 7.16. The molecule has 3 rings (SSSR count). The largest absolute Gasteiger partial charge is 0.461 e. The first-order valence-electron chi connectivity index (χ1n) is 7.16. The topological polar surface area (TPSA) is 56.5 Å². The van der Waals surface area contributed by atoms with Gasteiger partial charge in [-0.3, -0.25) is 4.79 Å². The minimum atomic E-state index is -0.420. The van der Waals surface area contributed by atoms with Crippen LogP contribution >= 0.6 is 0 Å². The van der Waals surface area contributed by atoms with E-state index in [1.54, 1.807) is 0 Å². The standard InChI is InChI=1S/C17H18O4/c1-9-4-14-12(8-20-17(19)13-5-11(13)3)7-16(18)21-15(14)6-10(9)2/h4,6-7,11,13H,5,8H2,1-3H3/t11-,13-/m1/s1. The third kappa shape index (κ3) is 2.71. The normalized spacial score (nSPS) is 20.5. The summed E-state index contributed by atoms with van der Waals surface area (Å²) in [7, 11) is 0. The molecule has 4 heteroatoms. The number of aryl methyl sites for hydroxylation is 2. The van der Waals surface area contributed by atoms with E-state index in [1.165, 1.54) is 6.07 Å². The number of hydrogen-bond acceptors (Lipinski definition) is 4. The van der Waals surface area contributed by atoms with E-state index in [2.05, 4.69) is 0 Å². The van der Waals surface area contributed by atoms with E-state index in [0.717, 1.165) is 22.9 Å². The number of benzene rings is 1. The summed E-state index contributed by atoms with van der Waals surface area (Å²) >= 11 is 0. The van der Waals surface area contributed by atoms with E-state index in [9.17, 15) is 9.59 Å². The van der Waals surface area contributed by atoms with E-state index in [-0.39, 0.29) is 18.5 Å². The van der Waals surface area contributed by atoms with Gasteiger partial charge in [0, 0.05) is 17.0 Å². The lowest BCUT2D eigenvalue weighted by molar-refractivity contribution is -0.146. The quantitative estimate of drug-likeness (QED) is 0.642. The zero-order valence-corrected chi connectivity index (χ0v) is 12.4. The maximum absolute atomic E-state index is 11.8. The average molecular weight is 286 g/mol. The van der Waals surface area contributed by atoms with Crippen LogP contribution in [0.4, 0.5) is 0 Å². The summed E-state index contributed by atoms with van der Waals surface area (Å²) in [5.41, 5.74) is 2.99. The van der Waals surface area contributed by atoms with Crippen LogP contribution in [-0.4, -0.2) is 5.97 Å². The van der Waals surface area contributed by atoms with Gasteiger partial charge in [0.05, 0.1) is 5.92 Å². The van der Waals surface area contributed by atoms with E-state index in [4.69, 9.17) is 9.15 Å². The fraction of sp³-hybridized carbons (Fsp3) is 0.412. The van der Waals surface area contributed by atoms with Crippen molar-refractivity contribution in [2.24, 2.45) is 11.8 Å². The number of carbonyl (C=O) groups is 1. The minimum absolute atomic E-state index is 0.0281. The van der Waals surface area contributed by atoms with Gasteiger partial charge in [-0.15, -0.1) is 0 Å².